The monoisotopic (exact) mass is 350 g/mol. The summed E-state index contributed by atoms with van der Waals surface area (Å²) < 4.78 is 2.19. The molecule has 0 amide bonds. The molecule has 0 aliphatic heterocycles. The molecule has 0 unspecified atom stereocenters. The molecule has 0 saturated carbocycles. The second kappa shape index (κ2) is 6.79. The fourth-order valence-corrected chi connectivity index (χ4v) is 3.40. The summed E-state index contributed by atoms with van der Waals surface area (Å²) >= 11 is 5.90. The van der Waals surface area contributed by atoms with Crippen molar-refractivity contribution >= 4 is 39.1 Å². The number of nitrogens with one attached hydrogen (secondary N) is 1. The van der Waals surface area contributed by atoms with E-state index in [0.29, 0.717) is 18.1 Å². The maximum absolute atomic E-state index is 10.5. The standard InChI is InChI=1S/C21H19ClN2O/c22-15-9-11-16(12-10-15)23-13-17(25)14-24-20-7-3-1-5-18(20)19-6-2-4-8-21(19)24/h1-12,17,23,25H,13-14H2/t17-/m0/s1. The molecular formula is C21H19ClN2O. The highest BCUT2D eigenvalue weighted by atomic mass is 35.5. The summed E-state index contributed by atoms with van der Waals surface area (Å²) in [5.41, 5.74) is 3.24. The summed E-state index contributed by atoms with van der Waals surface area (Å²) in [4.78, 5) is 0. The lowest BCUT2D eigenvalue weighted by molar-refractivity contribution is 0.169. The van der Waals surface area contributed by atoms with Crippen LogP contribution in [0, 0.1) is 0 Å². The zero-order chi connectivity index (χ0) is 17.2. The van der Waals surface area contributed by atoms with Crippen LogP contribution in [-0.2, 0) is 6.54 Å². The van der Waals surface area contributed by atoms with Gasteiger partial charge in [-0.15, -0.1) is 0 Å². The van der Waals surface area contributed by atoms with Gasteiger partial charge in [-0.25, -0.2) is 0 Å². The fourth-order valence-electron chi connectivity index (χ4n) is 3.28. The molecule has 0 aliphatic rings. The third kappa shape index (κ3) is 3.21. The number of rotatable bonds is 5. The lowest BCUT2D eigenvalue weighted by Gasteiger charge is -2.15. The molecule has 126 valence electrons. The minimum Gasteiger partial charge on any atom is -0.389 e. The second-order valence-electron chi connectivity index (χ2n) is 6.19. The number of hydrogen-bond acceptors (Lipinski definition) is 2. The Morgan fingerprint density at radius 2 is 1.40 bits per heavy atom. The predicted octanol–water partition coefficient (Wildman–Crippen LogP) is 4.92. The molecule has 0 aliphatic carbocycles. The van der Waals surface area contributed by atoms with Crippen molar-refractivity contribution in [3.63, 3.8) is 0 Å². The van der Waals surface area contributed by atoms with Crippen molar-refractivity contribution in [1.82, 2.24) is 4.57 Å². The number of aliphatic hydroxyl groups excluding tert-OH is 1. The molecule has 3 nitrogen and oxygen atoms in total. The zero-order valence-electron chi connectivity index (χ0n) is 13.7. The van der Waals surface area contributed by atoms with Gasteiger partial charge in [0.2, 0.25) is 0 Å². The molecule has 0 fully saturated rings. The van der Waals surface area contributed by atoms with E-state index in [2.05, 4.69) is 46.3 Å². The molecule has 0 bridgehead atoms. The fraction of sp³-hybridized carbons (Fsp3) is 0.143. The van der Waals surface area contributed by atoms with E-state index in [1.54, 1.807) is 0 Å². The second-order valence-corrected chi connectivity index (χ2v) is 6.62. The largest absolute Gasteiger partial charge is 0.389 e. The van der Waals surface area contributed by atoms with E-state index >= 15 is 0 Å². The van der Waals surface area contributed by atoms with E-state index in [-0.39, 0.29) is 0 Å². The highest BCUT2D eigenvalue weighted by Gasteiger charge is 2.13. The van der Waals surface area contributed by atoms with Crippen LogP contribution in [-0.4, -0.2) is 22.3 Å². The molecular weight excluding hydrogens is 332 g/mol. The molecule has 4 aromatic rings. The summed E-state index contributed by atoms with van der Waals surface area (Å²) in [6, 6.07) is 24.2. The minimum absolute atomic E-state index is 0.475. The molecule has 2 N–H and O–H groups in total. The summed E-state index contributed by atoms with van der Waals surface area (Å²) in [5, 5.41) is 16.9. The van der Waals surface area contributed by atoms with Crippen LogP contribution in [0.1, 0.15) is 0 Å². The molecule has 1 atom stereocenters. The Kier molecular flexibility index (Phi) is 4.35. The van der Waals surface area contributed by atoms with E-state index in [9.17, 15) is 5.11 Å². The molecule has 25 heavy (non-hydrogen) atoms. The molecule has 1 aromatic heterocycles. The van der Waals surface area contributed by atoms with Crippen molar-refractivity contribution in [1.29, 1.82) is 0 Å². The molecule has 3 aromatic carbocycles. The Bertz CT molecular complexity index is 954. The molecule has 0 radical (unpaired) electrons. The topological polar surface area (TPSA) is 37.2 Å². The number of nitrogens with zero attached hydrogens (tertiary/aromatic N) is 1. The number of aliphatic hydroxyl groups is 1. The first-order chi connectivity index (χ1) is 12.2. The highest BCUT2D eigenvalue weighted by molar-refractivity contribution is 6.30. The van der Waals surface area contributed by atoms with Crippen LogP contribution in [0.5, 0.6) is 0 Å². The third-order valence-electron chi connectivity index (χ3n) is 4.46. The van der Waals surface area contributed by atoms with Crippen molar-refractivity contribution in [2.45, 2.75) is 12.6 Å². The van der Waals surface area contributed by atoms with Gasteiger partial charge in [0.1, 0.15) is 0 Å². The Labute approximate surface area is 151 Å². The van der Waals surface area contributed by atoms with Gasteiger partial charge in [-0.1, -0.05) is 48.0 Å². The number of halogens is 1. The van der Waals surface area contributed by atoms with Crippen LogP contribution in [0.4, 0.5) is 5.69 Å². The first kappa shape index (κ1) is 16.0. The van der Waals surface area contributed by atoms with E-state index in [1.807, 2.05) is 36.4 Å². The molecule has 0 saturated heterocycles. The van der Waals surface area contributed by atoms with Crippen LogP contribution in [0.3, 0.4) is 0 Å². The SMILES string of the molecule is O[C@@H](CNc1ccc(Cl)cc1)Cn1c2ccccc2c2ccccc21. The number of anilines is 1. The number of fused-ring (bicyclic) bond motifs is 3. The maximum Gasteiger partial charge on any atom is 0.0891 e. The summed E-state index contributed by atoms with van der Waals surface area (Å²) in [5.74, 6) is 0. The lowest BCUT2D eigenvalue weighted by Crippen LogP contribution is -2.24. The average molecular weight is 351 g/mol. The van der Waals surface area contributed by atoms with Crippen molar-refractivity contribution in [2.75, 3.05) is 11.9 Å². The van der Waals surface area contributed by atoms with Gasteiger partial charge in [0, 0.05) is 39.1 Å². The number of benzene rings is 3. The van der Waals surface area contributed by atoms with Crippen molar-refractivity contribution in [2.24, 2.45) is 0 Å². The number of aromatic nitrogens is 1. The smallest absolute Gasteiger partial charge is 0.0891 e. The number of hydrogen-bond donors (Lipinski definition) is 2. The zero-order valence-corrected chi connectivity index (χ0v) is 14.4. The van der Waals surface area contributed by atoms with Crippen molar-refractivity contribution in [3.8, 4) is 0 Å². The van der Waals surface area contributed by atoms with Gasteiger partial charge in [0.05, 0.1) is 12.6 Å². The molecule has 0 spiro atoms. The van der Waals surface area contributed by atoms with Gasteiger partial charge in [0.25, 0.3) is 0 Å². The average Bonchev–Trinajstić information content (AvgIpc) is 2.96. The van der Waals surface area contributed by atoms with Gasteiger partial charge in [-0.05, 0) is 36.4 Å². The Morgan fingerprint density at radius 3 is 2.00 bits per heavy atom. The van der Waals surface area contributed by atoms with Crippen LogP contribution < -0.4 is 5.32 Å². The summed E-state index contributed by atoms with van der Waals surface area (Å²) in [6.45, 7) is 1.01. The van der Waals surface area contributed by atoms with Crippen molar-refractivity contribution < 1.29 is 5.11 Å². The van der Waals surface area contributed by atoms with Crippen LogP contribution in [0.15, 0.2) is 72.8 Å². The first-order valence-corrected chi connectivity index (χ1v) is 8.73. The van der Waals surface area contributed by atoms with Crippen LogP contribution in [0.2, 0.25) is 5.02 Å². The van der Waals surface area contributed by atoms with Gasteiger partial charge >= 0.3 is 0 Å². The van der Waals surface area contributed by atoms with E-state index in [0.717, 1.165) is 16.7 Å². The molecule has 4 rings (SSSR count). The quantitative estimate of drug-likeness (QED) is 0.536. The summed E-state index contributed by atoms with van der Waals surface area (Å²) in [7, 11) is 0. The highest BCUT2D eigenvalue weighted by Crippen LogP contribution is 2.28. The number of para-hydroxylation sites is 2. The van der Waals surface area contributed by atoms with E-state index < -0.39 is 6.10 Å². The lowest BCUT2D eigenvalue weighted by atomic mass is 10.2. The molecule has 4 heteroatoms. The Morgan fingerprint density at radius 1 is 0.840 bits per heavy atom. The van der Waals surface area contributed by atoms with E-state index in [4.69, 9.17) is 11.6 Å². The normalized spacial score (nSPS) is 12.6. The van der Waals surface area contributed by atoms with Crippen LogP contribution in [0.25, 0.3) is 21.8 Å². The summed E-state index contributed by atoms with van der Waals surface area (Å²) in [6.07, 6.45) is -0.505. The first-order valence-electron chi connectivity index (χ1n) is 8.36. The Balaban J connectivity index is 1.58. The predicted molar refractivity (Wildman–Crippen MR) is 105 cm³/mol. The van der Waals surface area contributed by atoms with Gasteiger partial charge in [-0.3, -0.25) is 0 Å². The maximum atomic E-state index is 10.5. The van der Waals surface area contributed by atoms with Gasteiger partial charge in [-0.2, -0.15) is 0 Å². The van der Waals surface area contributed by atoms with Crippen molar-refractivity contribution in [3.05, 3.63) is 77.8 Å². The van der Waals surface area contributed by atoms with Gasteiger partial charge in [0.15, 0.2) is 0 Å². The van der Waals surface area contributed by atoms with Crippen LogP contribution >= 0.6 is 11.6 Å². The van der Waals surface area contributed by atoms with E-state index in [1.165, 1.54) is 10.8 Å². The van der Waals surface area contributed by atoms with Gasteiger partial charge < -0.3 is 15.0 Å². The Hall–Kier alpha value is -2.49. The molecule has 1 heterocycles. The third-order valence-corrected chi connectivity index (χ3v) is 4.71. The minimum atomic E-state index is -0.505.